The highest BCUT2D eigenvalue weighted by Gasteiger charge is 2.43. The third kappa shape index (κ3) is 15.7. The molecule has 10 rings (SSSR count). The Morgan fingerprint density at radius 1 is 0.438 bits per heavy atom. The fourth-order valence-corrected chi connectivity index (χ4v) is 12.0. The lowest BCUT2D eigenvalue weighted by molar-refractivity contribution is -0.130. The summed E-state index contributed by atoms with van der Waals surface area (Å²) in [4.78, 5) is 71.9. The largest absolute Gasteiger partial charge is 0.477 e. The van der Waals surface area contributed by atoms with E-state index in [4.69, 9.17) is 46.4 Å². The summed E-state index contributed by atoms with van der Waals surface area (Å²) in [7, 11) is -20.4. The molecular formula is C52H34Cl4N18O18S4. The molecule has 2 aliphatic rings. The first-order valence-electron chi connectivity index (χ1n) is 25.9. The number of halogens is 4. The predicted molar refractivity (Wildman–Crippen MR) is 341 cm³/mol. The van der Waals surface area contributed by atoms with Crippen LogP contribution in [0, 0.1) is 0 Å². The zero-order chi connectivity index (χ0) is 69.3. The van der Waals surface area contributed by atoms with Crippen LogP contribution in [0.5, 0.6) is 0 Å². The molecule has 8 aromatic rings. The minimum absolute atomic E-state index is 0.000513. The van der Waals surface area contributed by atoms with Gasteiger partial charge in [-0.25, -0.2) is 9.59 Å². The van der Waals surface area contributed by atoms with E-state index in [1.807, 2.05) is 0 Å². The Hall–Kier alpha value is -10.5. The molecule has 2 unspecified atom stereocenters. The molecule has 0 fully saturated rings. The minimum Gasteiger partial charge on any atom is -0.477 e. The maximum atomic E-state index is 13.4. The van der Waals surface area contributed by atoms with Crippen LogP contribution in [-0.2, 0) is 59.7 Å². The van der Waals surface area contributed by atoms with E-state index in [1.165, 1.54) is 48.5 Å². The lowest BCUT2D eigenvalue weighted by Gasteiger charge is -2.13. The molecule has 2 amide bonds. The van der Waals surface area contributed by atoms with Crippen molar-refractivity contribution in [2.24, 2.45) is 30.7 Å². The van der Waals surface area contributed by atoms with Crippen LogP contribution in [0.4, 0.5) is 69.3 Å². The Labute approximate surface area is 557 Å². The van der Waals surface area contributed by atoms with Gasteiger partial charge in [-0.05, 0) is 119 Å². The molecule has 0 aliphatic carbocycles. The zero-order valence-corrected chi connectivity index (χ0v) is 53.1. The Morgan fingerprint density at radius 2 is 0.750 bits per heavy atom. The average Bonchev–Trinajstić information content (AvgIpc) is 1.64. The summed E-state index contributed by atoms with van der Waals surface area (Å²) in [5.41, 5.74) is -3.77. The number of amides is 2. The molecule has 0 saturated carbocycles. The molecule has 6 aromatic carbocycles. The molecule has 2 aromatic heterocycles. The summed E-state index contributed by atoms with van der Waals surface area (Å²) < 4.78 is 142. The van der Waals surface area contributed by atoms with Gasteiger partial charge in [0.1, 0.15) is 31.0 Å². The Bertz CT molecular complexity index is 4950. The summed E-state index contributed by atoms with van der Waals surface area (Å²) in [5.74, 6) is -6.91. The number of hydrazone groups is 2. The van der Waals surface area contributed by atoms with Crippen molar-refractivity contribution >= 4 is 203 Å². The van der Waals surface area contributed by atoms with Crippen molar-refractivity contribution in [3.05, 3.63) is 153 Å². The maximum Gasteiger partial charge on any atom is 0.355 e. The summed E-state index contributed by atoms with van der Waals surface area (Å²) in [6, 6.07) is 20.4. The molecule has 4 heterocycles. The number of carboxylic acid groups (broad SMARTS) is 2. The van der Waals surface area contributed by atoms with Gasteiger partial charge in [-0.2, -0.15) is 104 Å². The van der Waals surface area contributed by atoms with Gasteiger partial charge >= 0.3 is 11.9 Å². The van der Waals surface area contributed by atoms with E-state index < -0.39 is 129 Å². The van der Waals surface area contributed by atoms with Crippen molar-refractivity contribution in [2.75, 3.05) is 31.3 Å². The number of hydrogen-bond acceptors (Lipinski definition) is 28. The average molecular weight is 1470 g/mol. The van der Waals surface area contributed by atoms with Crippen LogP contribution in [0.1, 0.15) is 11.1 Å². The molecule has 0 saturated heterocycles. The molecule has 0 spiro atoms. The molecule has 2 aliphatic heterocycles. The summed E-state index contributed by atoms with van der Waals surface area (Å²) in [6.45, 7) is 0. The Kier molecular flexibility index (Phi) is 19.3. The zero-order valence-electron chi connectivity index (χ0n) is 46.8. The monoisotopic (exact) mass is 1470 g/mol. The minimum atomic E-state index is -5.12. The first-order chi connectivity index (χ1) is 45.2. The highest BCUT2D eigenvalue weighted by atomic mass is 35.5. The topological polar surface area (TPSA) is 532 Å². The Morgan fingerprint density at radius 3 is 1.06 bits per heavy atom. The third-order valence-electron chi connectivity index (χ3n) is 12.7. The number of hydrogen-bond donors (Lipinski definition) is 10. The number of rotatable bonds is 22. The normalized spacial score (nSPS) is 15.4. The molecule has 96 heavy (non-hydrogen) atoms. The molecule has 2 atom stereocenters. The van der Waals surface area contributed by atoms with Crippen LogP contribution in [0.15, 0.2) is 172 Å². The number of benzene rings is 6. The molecule has 44 heteroatoms. The smallest absolute Gasteiger partial charge is 0.355 e. The van der Waals surface area contributed by atoms with Crippen LogP contribution in [0.25, 0.3) is 12.2 Å². The second-order valence-electron chi connectivity index (χ2n) is 19.1. The van der Waals surface area contributed by atoms with Gasteiger partial charge in [0.05, 0.1) is 21.4 Å². The van der Waals surface area contributed by atoms with Gasteiger partial charge in [0.2, 0.25) is 46.4 Å². The molecule has 10 N–H and O–H groups in total. The number of para-hydroxylation sites is 2. The number of carbonyl (C=O) groups excluding carboxylic acids is 2. The second-order valence-corrected chi connectivity index (χ2v) is 26.2. The van der Waals surface area contributed by atoms with E-state index in [-0.39, 0.29) is 79.1 Å². The molecular weight excluding hydrogens is 1430 g/mol. The van der Waals surface area contributed by atoms with E-state index in [0.717, 1.165) is 72.8 Å². The van der Waals surface area contributed by atoms with Crippen molar-refractivity contribution in [1.82, 2.24) is 29.9 Å². The van der Waals surface area contributed by atoms with Gasteiger partial charge in [0.25, 0.3) is 52.3 Å². The van der Waals surface area contributed by atoms with Crippen LogP contribution in [-0.4, -0.2) is 139 Å². The quantitative estimate of drug-likeness (QED) is 0.0172. The number of azo groups is 2. The van der Waals surface area contributed by atoms with Crippen molar-refractivity contribution in [3.63, 3.8) is 0 Å². The van der Waals surface area contributed by atoms with Crippen molar-refractivity contribution in [2.45, 2.75) is 31.7 Å². The molecule has 0 radical (unpaired) electrons. The van der Waals surface area contributed by atoms with Gasteiger partial charge in [0.15, 0.2) is 11.4 Å². The van der Waals surface area contributed by atoms with E-state index in [9.17, 15) is 81.3 Å². The number of anilines is 10. The number of nitrogens with one attached hydrogen (secondary N) is 4. The number of aliphatic carboxylic acids is 2. The van der Waals surface area contributed by atoms with Crippen LogP contribution in [0.2, 0.25) is 20.6 Å². The van der Waals surface area contributed by atoms with Crippen molar-refractivity contribution in [3.8, 4) is 0 Å². The Balaban J connectivity index is 0.852. The van der Waals surface area contributed by atoms with Gasteiger partial charge in [-0.1, -0.05) is 71.8 Å². The van der Waals surface area contributed by atoms with Gasteiger partial charge < -0.3 is 31.5 Å². The van der Waals surface area contributed by atoms with Crippen LogP contribution in [0.3, 0.4) is 0 Å². The maximum absolute atomic E-state index is 13.4. The molecule has 492 valence electrons. The fraction of sp³-hybridized carbons (Fsp3) is 0.0385. The fourth-order valence-electron chi connectivity index (χ4n) is 8.60. The number of carbonyl (C=O) groups is 4. The van der Waals surface area contributed by atoms with Gasteiger partial charge in [-0.15, -0.1) is 0 Å². The molecule has 36 nitrogen and oxygen atoms in total. The summed E-state index contributed by atoms with van der Waals surface area (Å²) >= 11 is 24.8. The predicted octanol–water partition coefficient (Wildman–Crippen LogP) is 8.68. The van der Waals surface area contributed by atoms with E-state index >= 15 is 0 Å². The second kappa shape index (κ2) is 27.1. The lowest BCUT2D eigenvalue weighted by atomic mass is 10.1. The van der Waals surface area contributed by atoms with Crippen molar-refractivity contribution < 1.29 is 81.3 Å². The van der Waals surface area contributed by atoms with Crippen LogP contribution >= 0.6 is 46.4 Å². The third-order valence-corrected chi connectivity index (χ3v) is 17.3. The lowest BCUT2D eigenvalue weighted by Crippen LogP contribution is -2.33. The summed E-state index contributed by atoms with van der Waals surface area (Å²) in [6.07, 6.45) is 2.13. The number of carboxylic acids is 2. The highest BCUT2D eigenvalue weighted by molar-refractivity contribution is 7.86. The van der Waals surface area contributed by atoms with E-state index in [1.54, 1.807) is 12.1 Å². The van der Waals surface area contributed by atoms with Gasteiger partial charge in [-0.3, -0.25) is 27.8 Å². The van der Waals surface area contributed by atoms with E-state index in [2.05, 4.69) is 81.8 Å². The van der Waals surface area contributed by atoms with E-state index in [0.29, 0.717) is 10.0 Å². The first kappa shape index (κ1) is 68.4. The standard InChI is InChI=1S/C52H34Cl4N18O18S4/c53-29-5-1-3-7-33(29)73-43(75)39(41(71-73)45(77)78)69-67-31-19-25(15-17-35(31)93(81,82)83)57-49-61-47(55)63-51(65-49)59-27-13-11-23(37(21-27)95(87,88)89)9-10-24-12-14-28(22-38(24)96(90,91)92)60-52-64-48(56)62-50(66-52)58-26-16-18-36(94(84,85)86)32(20-26)68-70-40-42(46(79)80)72-74(44(40)76)34-8-4-2-6-30(34)54/h1-22,39-40H,(H,77,78)(H,79,80)(H,81,82,83)(H,84,85,86)(H,87,88,89)(H,90,91,92)(H2,57,59,61,63,65)(H2,58,60,62,64,66). The molecule has 0 bridgehead atoms. The van der Waals surface area contributed by atoms with Crippen molar-refractivity contribution in [1.29, 1.82) is 0 Å². The SMILES string of the molecule is O=C(O)C1=NN(c2ccccc2Cl)C(=O)C1N=Nc1cc(Nc2nc(Cl)nc(Nc3ccc(C=Cc4ccc(Nc5nc(Cl)nc(Nc6ccc(S(=O)(=O)O)c(N=NC7C(=O)N(c8ccccc8Cl)N=C7C(=O)O)c6)n5)cc4S(=O)(=O)O)c(S(=O)(=O)O)c3)n2)ccc1S(=O)(=O)O. The van der Waals surface area contributed by atoms with Gasteiger partial charge in [0, 0.05) is 22.7 Å². The number of nitrogens with zero attached hydrogens (tertiary/aromatic N) is 14. The first-order valence-corrected chi connectivity index (χ1v) is 33.1. The van der Waals surface area contributed by atoms with Crippen LogP contribution < -0.4 is 31.3 Å². The highest BCUT2D eigenvalue weighted by Crippen LogP contribution is 2.37. The number of aromatic nitrogens is 6. The summed E-state index contributed by atoms with van der Waals surface area (Å²) in [5, 5.41) is 53.6.